The first-order chi connectivity index (χ1) is 8.11. The monoisotopic (exact) mass is 250 g/mol. The number of Topliss-reactive ketones (excluding diaryl/α,β-unsaturated/α-hetero) is 1. The number of aliphatic carboxylic acids is 1. The number of carbonyl (C=O) groups is 2. The predicted octanol–water partition coefficient (Wildman–Crippen LogP) is 3.05. The zero-order chi connectivity index (χ0) is 13.9. The largest absolute Gasteiger partial charge is 0.481 e. The van der Waals surface area contributed by atoms with Crippen LogP contribution in [0.5, 0.6) is 0 Å². The predicted molar refractivity (Wildman–Crippen MR) is 69.1 cm³/mol. The molecule has 100 valence electrons. The molecule has 0 heterocycles. The third-order valence-electron chi connectivity index (χ3n) is 5.36. The van der Waals surface area contributed by atoms with Crippen LogP contribution in [0.2, 0.25) is 0 Å². The van der Waals surface area contributed by atoms with Gasteiger partial charge in [-0.3, -0.25) is 9.59 Å². The molecule has 2 rings (SSSR count). The summed E-state index contributed by atoms with van der Waals surface area (Å²) in [6, 6.07) is 0. The van der Waals surface area contributed by atoms with Crippen LogP contribution >= 0.6 is 0 Å². The van der Waals surface area contributed by atoms with Gasteiger partial charge in [-0.2, -0.15) is 0 Å². The molecule has 2 aliphatic carbocycles. The minimum Gasteiger partial charge on any atom is -0.481 e. The van der Waals surface area contributed by atoms with Crippen molar-refractivity contribution in [3.8, 4) is 0 Å². The van der Waals surface area contributed by atoms with E-state index >= 15 is 0 Å². The molecule has 2 aliphatic rings. The van der Waals surface area contributed by atoms with Gasteiger partial charge in [0.15, 0.2) is 5.78 Å². The first-order valence-corrected chi connectivity index (χ1v) is 6.63. The van der Waals surface area contributed by atoms with Crippen LogP contribution in [0, 0.1) is 22.7 Å². The average Bonchev–Trinajstić information content (AvgIpc) is 2.39. The molecule has 0 aliphatic heterocycles. The zero-order valence-corrected chi connectivity index (χ0v) is 11.8. The first kappa shape index (κ1) is 13.3. The lowest BCUT2D eigenvalue weighted by Crippen LogP contribution is -2.31. The number of carboxylic acid groups (broad SMARTS) is 1. The summed E-state index contributed by atoms with van der Waals surface area (Å²) in [7, 11) is 0. The molecular formula is C15H22O3. The summed E-state index contributed by atoms with van der Waals surface area (Å²) in [6.07, 6.45) is 0.835. The Bertz CT molecular complexity index is 454. The molecular weight excluding hydrogens is 228 g/mol. The number of hydrogen-bond donors (Lipinski definition) is 1. The number of carbonyl (C=O) groups excluding carboxylic acids is 1. The van der Waals surface area contributed by atoms with Gasteiger partial charge >= 0.3 is 5.97 Å². The fourth-order valence-corrected chi connectivity index (χ4v) is 3.95. The van der Waals surface area contributed by atoms with Gasteiger partial charge in [0.1, 0.15) is 0 Å². The van der Waals surface area contributed by atoms with Crippen molar-refractivity contribution in [3.63, 3.8) is 0 Å². The van der Waals surface area contributed by atoms with Gasteiger partial charge in [-0.05, 0) is 28.7 Å². The van der Waals surface area contributed by atoms with Crippen molar-refractivity contribution in [3.05, 3.63) is 11.1 Å². The van der Waals surface area contributed by atoms with Gasteiger partial charge in [0.2, 0.25) is 0 Å². The SMILES string of the molecule is CC1C(C)(C)C2=C(C(C(=O)O)CCC2=O)C1(C)C. The van der Waals surface area contributed by atoms with E-state index in [1.807, 2.05) is 0 Å². The maximum absolute atomic E-state index is 12.2. The molecule has 0 bridgehead atoms. The molecule has 0 saturated carbocycles. The lowest BCUT2D eigenvalue weighted by Gasteiger charge is -2.35. The highest BCUT2D eigenvalue weighted by Crippen LogP contribution is 2.61. The van der Waals surface area contributed by atoms with E-state index in [0.29, 0.717) is 12.8 Å². The Kier molecular flexibility index (Phi) is 2.73. The topological polar surface area (TPSA) is 54.4 Å². The maximum atomic E-state index is 12.2. The third kappa shape index (κ3) is 1.49. The standard InChI is InChI=1S/C15H22O3/c1-8-14(2,3)11-9(13(17)18)6-7-10(16)12(11)15(8,4)5/h8-9H,6-7H2,1-5H3,(H,17,18). The van der Waals surface area contributed by atoms with Crippen LogP contribution in [0.3, 0.4) is 0 Å². The third-order valence-corrected chi connectivity index (χ3v) is 5.36. The summed E-state index contributed by atoms with van der Waals surface area (Å²) in [5.74, 6) is -0.825. The molecule has 3 heteroatoms. The number of carboxylic acids is 1. The average molecular weight is 250 g/mol. The lowest BCUT2D eigenvalue weighted by molar-refractivity contribution is -0.141. The van der Waals surface area contributed by atoms with Gasteiger partial charge in [-0.1, -0.05) is 34.6 Å². The van der Waals surface area contributed by atoms with Gasteiger partial charge in [-0.15, -0.1) is 0 Å². The van der Waals surface area contributed by atoms with Crippen molar-refractivity contribution in [1.29, 1.82) is 0 Å². The number of allylic oxidation sites excluding steroid dienone is 1. The van der Waals surface area contributed by atoms with Gasteiger partial charge in [0.05, 0.1) is 5.92 Å². The molecule has 0 amide bonds. The second kappa shape index (κ2) is 3.69. The molecule has 3 nitrogen and oxygen atoms in total. The normalized spacial score (nSPS) is 33.5. The maximum Gasteiger partial charge on any atom is 0.310 e. The smallest absolute Gasteiger partial charge is 0.310 e. The molecule has 2 atom stereocenters. The first-order valence-electron chi connectivity index (χ1n) is 6.63. The van der Waals surface area contributed by atoms with Crippen molar-refractivity contribution in [2.45, 2.75) is 47.5 Å². The van der Waals surface area contributed by atoms with E-state index in [2.05, 4.69) is 34.6 Å². The highest BCUT2D eigenvalue weighted by molar-refractivity contribution is 6.01. The Labute approximate surface area is 108 Å². The number of ketones is 1. The highest BCUT2D eigenvalue weighted by Gasteiger charge is 2.56. The van der Waals surface area contributed by atoms with Crippen LogP contribution in [0.1, 0.15) is 47.5 Å². The molecule has 0 fully saturated rings. The Morgan fingerprint density at radius 3 is 2.28 bits per heavy atom. The summed E-state index contributed by atoms with van der Waals surface area (Å²) >= 11 is 0. The van der Waals surface area contributed by atoms with Crippen molar-refractivity contribution < 1.29 is 14.7 Å². The molecule has 0 aromatic rings. The van der Waals surface area contributed by atoms with Gasteiger partial charge in [-0.25, -0.2) is 0 Å². The van der Waals surface area contributed by atoms with E-state index in [9.17, 15) is 14.7 Å². The second-order valence-corrected chi connectivity index (χ2v) is 6.81. The fraction of sp³-hybridized carbons (Fsp3) is 0.733. The summed E-state index contributed by atoms with van der Waals surface area (Å²) in [6.45, 7) is 10.4. The molecule has 2 unspecified atom stereocenters. The molecule has 0 aromatic carbocycles. The molecule has 0 spiro atoms. The van der Waals surface area contributed by atoms with Crippen molar-refractivity contribution in [2.24, 2.45) is 22.7 Å². The van der Waals surface area contributed by atoms with Gasteiger partial charge in [0.25, 0.3) is 0 Å². The molecule has 0 aromatic heterocycles. The van der Waals surface area contributed by atoms with Crippen LogP contribution < -0.4 is 0 Å². The Balaban J connectivity index is 2.68. The number of hydrogen-bond acceptors (Lipinski definition) is 2. The zero-order valence-electron chi connectivity index (χ0n) is 11.8. The minimum absolute atomic E-state index is 0.157. The quantitative estimate of drug-likeness (QED) is 0.778. The molecule has 0 saturated heterocycles. The Hall–Kier alpha value is -1.12. The van der Waals surface area contributed by atoms with E-state index in [-0.39, 0.29) is 22.5 Å². The summed E-state index contributed by atoms with van der Waals surface area (Å²) in [5, 5.41) is 9.41. The molecule has 1 N–H and O–H groups in total. The summed E-state index contributed by atoms with van der Waals surface area (Å²) in [4.78, 5) is 23.7. The van der Waals surface area contributed by atoms with E-state index in [1.165, 1.54) is 0 Å². The van der Waals surface area contributed by atoms with Crippen molar-refractivity contribution in [2.75, 3.05) is 0 Å². The fourth-order valence-electron chi connectivity index (χ4n) is 3.95. The van der Waals surface area contributed by atoms with Gasteiger partial charge < -0.3 is 5.11 Å². The van der Waals surface area contributed by atoms with Crippen LogP contribution in [0.25, 0.3) is 0 Å². The summed E-state index contributed by atoms with van der Waals surface area (Å²) < 4.78 is 0. The second-order valence-electron chi connectivity index (χ2n) is 6.81. The minimum atomic E-state index is -0.784. The van der Waals surface area contributed by atoms with E-state index < -0.39 is 11.9 Å². The Morgan fingerprint density at radius 1 is 1.22 bits per heavy atom. The Morgan fingerprint density at radius 2 is 1.78 bits per heavy atom. The van der Waals surface area contributed by atoms with Crippen LogP contribution in [0.15, 0.2) is 11.1 Å². The highest BCUT2D eigenvalue weighted by atomic mass is 16.4. The van der Waals surface area contributed by atoms with Crippen molar-refractivity contribution in [1.82, 2.24) is 0 Å². The van der Waals surface area contributed by atoms with Crippen LogP contribution in [0.4, 0.5) is 0 Å². The van der Waals surface area contributed by atoms with E-state index in [1.54, 1.807) is 0 Å². The van der Waals surface area contributed by atoms with Gasteiger partial charge in [0, 0.05) is 12.0 Å². The van der Waals surface area contributed by atoms with Crippen molar-refractivity contribution >= 4 is 11.8 Å². The number of rotatable bonds is 1. The van der Waals surface area contributed by atoms with Crippen LogP contribution in [-0.2, 0) is 9.59 Å². The van der Waals surface area contributed by atoms with E-state index in [4.69, 9.17) is 0 Å². The van der Waals surface area contributed by atoms with Crippen LogP contribution in [-0.4, -0.2) is 16.9 Å². The summed E-state index contributed by atoms with van der Waals surface area (Å²) in [5.41, 5.74) is 1.27. The molecule has 18 heavy (non-hydrogen) atoms. The van der Waals surface area contributed by atoms with E-state index in [0.717, 1.165) is 11.1 Å². The lowest BCUT2D eigenvalue weighted by atomic mass is 9.68. The molecule has 0 radical (unpaired) electrons.